The minimum Gasteiger partial charge on any atom is -0.350 e. The fourth-order valence-electron chi connectivity index (χ4n) is 2.58. The fraction of sp³-hybridized carbons (Fsp3) is 0.0714. The molecule has 3 aromatic heterocycles. The predicted molar refractivity (Wildman–Crippen MR) is 71.3 cm³/mol. The minimum absolute atomic E-state index is 0.961. The maximum Gasteiger partial charge on any atom is 0.116 e. The van der Waals surface area contributed by atoms with Crippen molar-refractivity contribution >= 4 is 32.7 Å². The summed E-state index contributed by atoms with van der Waals surface area (Å²) in [6.07, 6.45) is 7.33. The van der Waals surface area contributed by atoms with Gasteiger partial charge in [0, 0.05) is 41.8 Å². The summed E-state index contributed by atoms with van der Waals surface area (Å²) in [5.41, 5.74) is 3.10. The lowest BCUT2D eigenvalue weighted by atomic mass is 10.1. The quantitative estimate of drug-likeness (QED) is 0.439. The molecule has 4 heteroatoms. The molecule has 1 aromatic carbocycles. The number of pyridine rings is 1. The molecule has 4 rings (SSSR count). The molecule has 0 amide bonds. The van der Waals surface area contributed by atoms with Gasteiger partial charge in [-0.15, -0.1) is 0 Å². The first-order valence-electron chi connectivity index (χ1n) is 5.78. The van der Waals surface area contributed by atoms with Gasteiger partial charge < -0.3 is 4.57 Å². The highest BCUT2D eigenvalue weighted by molar-refractivity contribution is 6.21. The molecule has 86 valence electrons. The Morgan fingerprint density at radius 3 is 2.83 bits per heavy atom. The van der Waals surface area contributed by atoms with Gasteiger partial charge in [-0.2, -0.15) is 0 Å². The lowest BCUT2D eigenvalue weighted by Gasteiger charge is -2.06. The van der Waals surface area contributed by atoms with Crippen molar-refractivity contribution in [1.29, 1.82) is 0 Å². The third kappa shape index (κ3) is 1.07. The summed E-state index contributed by atoms with van der Waals surface area (Å²) in [7, 11) is 2.03. The van der Waals surface area contributed by atoms with E-state index in [1.54, 1.807) is 6.33 Å². The first kappa shape index (κ1) is 9.53. The second-order valence-corrected chi connectivity index (χ2v) is 4.37. The maximum absolute atomic E-state index is 4.50. The molecule has 0 unspecified atom stereocenters. The van der Waals surface area contributed by atoms with E-state index in [4.69, 9.17) is 0 Å². The Morgan fingerprint density at radius 2 is 1.89 bits per heavy atom. The van der Waals surface area contributed by atoms with Crippen LogP contribution in [0.2, 0.25) is 0 Å². The molecule has 0 atom stereocenters. The van der Waals surface area contributed by atoms with Gasteiger partial charge in [0.05, 0.1) is 16.6 Å². The normalized spacial score (nSPS) is 11.6. The molecule has 4 nitrogen and oxygen atoms in total. The summed E-state index contributed by atoms with van der Waals surface area (Å²) in [5.74, 6) is 0. The van der Waals surface area contributed by atoms with Gasteiger partial charge in [-0.1, -0.05) is 0 Å². The van der Waals surface area contributed by atoms with Crippen molar-refractivity contribution < 1.29 is 0 Å². The zero-order chi connectivity index (χ0) is 12.1. The van der Waals surface area contributed by atoms with Crippen LogP contribution in [-0.2, 0) is 7.05 Å². The smallest absolute Gasteiger partial charge is 0.116 e. The number of rotatable bonds is 0. The molecule has 0 aliphatic rings. The van der Waals surface area contributed by atoms with E-state index in [1.807, 2.05) is 31.7 Å². The summed E-state index contributed by atoms with van der Waals surface area (Å²) < 4.78 is 2.09. The third-order valence-corrected chi connectivity index (χ3v) is 3.36. The molecular formula is C14H10N4. The van der Waals surface area contributed by atoms with Crippen LogP contribution < -0.4 is 0 Å². The van der Waals surface area contributed by atoms with E-state index in [2.05, 4.69) is 31.7 Å². The number of aryl methyl sites for hydroxylation is 1. The molecular weight excluding hydrogens is 224 g/mol. The van der Waals surface area contributed by atoms with E-state index in [9.17, 15) is 0 Å². The molecule has 0 aliphatic carbocycles. The molecule has 18 heavy (non-hydrogen) atoms. The van der Waals surface area contributed by atoms with Crippen LogP contribution >= 0.6 is 0 Å². The number of hydrogen-bond acceptors (Lipinski definition) is 3. The largest absolute Gasteiger partial charge is 0.350 e. The second kappa shape index (κ2) is 3.26. The SMILES string of the molecule is Cn1ccc2c3ncccc3c3ncncc3c21. The Hall–Kier alpha value is -2.49. The third-order valence-electron chi connectivity index (χ3n) is 3.36. The molecule has 0 radical (unpaired) electrons. The van der Waals surface area contributed by atoms with Crippen molar-refractivity contribution in [3.05, 3.63) is 43.1 Å². The summed E-state index contributed by atoms with van der Waals surface area (Å²) in [6, 6.07) is 6.10. The van der Waals surface area contributed by atoms with Crippen molar-refractivity contribution in [2.24, 2.45) is 7.05 Å². The maximum atomic E-state index is 4.50. The van der Waals surface area contributed by atoms with E-state index in [1.165, 1.54) is 0 Å². The van der Waals surface area contributed by atoms with Gasteiger partial charge in [-0.25, -0.2) is 9.97 Å². The van der Waals surface area contributed by atoms with Crippen LogP contribution in [0, 0.1) is 0 Å². The highest BCUT2D eigenvalue weighted by Crippen LogP contribution is 2.32. The molecule has 3 heterocycles. The van der Waals surface area contributed by atoms with Gasteiger partial charge in [0.15, 0.2) is 0 Å². The molecule has 0 N–H and O–H groups in total. The van der Waals surface area contributed by atoms with Gasteiger partial charge in [0.2, 0.25) is 0 Å². The molecule has 0 saturated heterocycles. The average molecular weight is 234 g/mol. The zero-order valence-corrected chi connectivity index (χ0v) is 9.83. The van der Waals surface area contributed by atoms with Crippen LogP contribution in [0.1, 0.15) is 0 Å². The highest BCUT2D eigenvalue weighted by Gasteiger charge is 2.12. The Balaban J connectivity index is 2.48. The lowest BCUT2D eigenvalue weighted by molar-refractivity contribution is 0.972. The van der Waals surface area contributed by atoms with E-state index in [-0.39, 0.29) is 0 Å². The molecule has 0 bridgehead atoms. The van der Waals surface area contributed by atoms with Gasteiger partial charge in [-0.3, -0.25) is 4.98 Å². The van der Waals surface area contributed by atoms with Crippen molar-refractivity contribution in [3.8, 4) is 0 Å². The first-order valence-corrected chi connectivity index (χ1v) is 5.78. The van der Waals surface area contributed by atoms with Gasteiger partial charge >= 0.3 is 0 Å². The lowest BCUT2D eigenvalue weighted by Crippen LogP contribution is -1.91. The van der Waals surface area contributed by atoms with Gasteiger partial charge in [0.25, 0.3) is 0 Å². The summed E-state index contributed by atoms with van der Waals surface area (Å²) in [5, 5.41) is 3.30. The minimum atomic E-state index is 0.961. The molecule has 0 fully saturated rings. The van der Waals surface area contributed by atoms with Gasteiger partial charge in [-0.05, 0) is 18.2 Å². The van der Waals surface area contributed by atoms with Crippen LogP contribution in [0.25, 0.3) is 32.7 Å². The van der Waals surface area contributed by atoms with Crippen molar-refractivity contribution in [2.75, 3.05) is 0 Å². The number of nitrogens with zero attached hydrogens (tertiary/aromatic N) is 4. The number of hydrogen-bond donors (Lipinski definition) is 0. The van der Waals surface area contributed by atoms with E-state index < -0.39 is 0 Å². The standard InChI is InChI=1S/C14H10N4/c1-18-6-4-10-12-9(3-2-5-16-12)13-11(14(10)18)7-15-8-17-13/h2-8H,1H3. The van der Waals surface area contributed by atoms with Crippen LogP contribution in [0.4, 0.5) is 0 Å². The molecule has 0 aliphatic heterocycles. The molecule has 4 aromatic rings. The Morgan fingerprint density at radius 1 is 1.00 bits per heavy atom. The first-order chi connectivity index (χ1) is 8.86. The highest BCUT2D eigenvalue weighted by atomic mass is 14.9. The Kier molecular flexibility index (Phi) is 1.73. The summed E-state index contributed by atoms with van der Waals surface area (Å²) in [6.45, 7) is 0. The zero-order valence-electron chi connectivity index (χ0n) is 9.83. The average Bonchev–Trinajstić information content (AvgIpc) is 2.82. The Labute approximate surface area is 103 Å². The second-order valence-electron chi connectivity index (χ2n) is 4.37. The van der Waals surface area contributed by atoms with Gasteiger partial charge in [0.1, 0.15) is 6.33 Å². The Bertz CT molecular complexity index is 892. The van der Waals surface area contributed by atoms with Crippen LogP contribution in [-0.4, -0.2) is 19.5 Å². The number of aromatic nitrogens is 4. The van der Waals surface area contributed by atoms with Crippen LogP contribution in [0.15, 0.2) is 43.1 Å². The summed E-state index contributed by atoms with van der Waals surface area (Å²) >= 11 is 0. The van der Waals surface area contributed by atoms with E-state index >= 15 is 0 Å². The van der Waals surface area contributed by atoms with Crippen molar-refractivity contribution in [3.63, 3.8) is 0 Å². The molecule has 0 saturated carbocycles. The van der Waals surface area contributed by atoms with Crippen molar-refractivity contribution in [1.82, 2.24) is 19.5 Å². The summed E-state index contributed by atoms with van der Waals surface area (Å²) in [4.78, 5) is 13.1. The van der Waals surface area contributed by atoms with E-state index in [0.29, 0.717) is 0 Å². The number of benzene rings is 1. The molecule has 0 spiro atoms. The van der Waals surface area contributed by atoms with Crippen molar-refractivity contribution in [2.45, 2.75) is 0 Å². The monoisotopic (exact) mass is 234 g/mol. The topological polar surface area (TPSA) is 43.6 Å². The predicted octanol–water partition coefficient (Wildman–Crippen LogP) is 2.67. The van der Waals surface area contributed by atoms with Crippen LogP contribution in [0.3, 0.4) is 0 Å². The van der Waals surface area contributed by atoms with E-state index in [0.717, 1.165) is 32.7 Å². The van der Waals surface area contributed by atoms with Crippen LogP contribution in [0.5, 0.6) is 0 Å². The fourth-order valence-corrected chi connectivity index (χ4v) is 2.58. The number of fused-ring (bicyclic) bond motifs is 6.